The third-order valence-corrected chi connectivity index (χ3v) is 4.59. The zero-order valence-electron chi connectivity index (χ0n) is 11.2. The van der Waals surface area contributed by atoms with Crippen LogP contribution in [0.3, 0.4) is 0 Å². The predicted octanol–water partition coefficient (Wildman–Crippen LogP) is 3.52. The summed E-state index contributed by atoms with van der Waals surface area (Å²) in [6, 6.07) is 2.67. The first-order valence-corrected chi connectivity index (χ1v) is 7.11. The molecule has 3 rings (SSSR count). The van der Waals surface area contributed by atoms with E-state index in [2.05, 4.69) is 10.6 Å². The van der Waals surface area contributed by atoms with Crippen LogP contribution in [-0.2, 0) is 0 Å². The van der Waals surface area contributed by atoms with Crippen LogP contribution in [0, 0.1) is 29.4 Å². The highest BCUT2D eigenvalue weighted by Gasteiger charge is 2.39. The highest BCUT2D eigenvalue weighted by atomic mass is 19.1. The molecule has 1 aromatic carbocycles. The Bertz CT molecular complexity index is 521. The molecular formula is C15H18F2N2O. The molecule has 3 atom stereocenters. The number of rotatable bonds is 3. The Balaban J connectivity index is 1.50. The molecule has 2 fully saturated rings. The van der Waals surface area contributed by atoms with Crippen LogP contribution < -0.4 is 10.6 Å². The lowest BCUT2D eigenvalue weighted by Gasteiger charge is -2.21. The van der Waals surface area contributed by atoms with Crippen molar-refractivity contribution in [1.82, 2.24) is 5.32 Å². The van der Waals surface area contributed by atoms with Gasteiger partial charge < -0.3 is 10.6 Å². The van der Waals surface area contributed by atoms with Crippen molar-refractivity contribution in [2.24, 2.45) is 17.8 Å². The zero-order chi connectivity index (χ0) is 14.1. The second-order valence-corrected chi connectivity index (χ2v) is 5.89. The second-order valence-electron chi connectivity index (χ2n) is 5.89. The average molecular weight is 280 g/mol. The summed E-state index contributed by atoms with van der Waals surface area (Å²) >= 11 is 0. The molecular weight excluding hydrogens is 262 g/mol. The summed E-state index contributed by atoms with van der Waals surface area (Å²) in [4.78, 5) is 11.7. The topological polar surface area (TPSA) is 41.1 Å². The van der Waals surface area contributed by atoms with Crippen molar-refractivity contribution in [2.45, 2.75) is 25.7 Å². The summed E-state index contributed by atoms with van der Waals surface area (Å²) in [5.74, 6) is 0.709. The Morgan fingerprint density at radius 2 is 2.10 bits per heavy atom. The van der Waals surface area contributed by atoms with Gasteiger partial charge in [0.2, 0.25) is 0 Å². The van der Waals surface area contributed by atoms with E-state index in [1.165, 1.54) is 31.7 Å². The van der Waals surface area contributed by atoms with Crippen molar-refractivity contribution in [2.75, 3.05) is 11.9 Å². The lowest BCUT2D eigenvalue weighted by molar-refractivity contribution is 0.245. The average Bonchev–Trinajstić information content (AvgIpc) is 3.02. The summed E-state index contributed by atoms with van der Waals surface area (Å²) < 4.78 is 26.1. The van der Waals surface area contributed by atoms with Gasteiger partial charge in [-0.15, -0.1) is 0 Å². The molecule has 2 aliphatic rings. The Hall–Kier alpha value is -1.65. The molecule has 2 N–H and O–H groups in total. The fourth-order valence-corrected chi connectivity index (χ4v) is 3.61. The Labute approximate surface area is 116 Å². The third kappa shape index (κ3) is 2.76. The lowest BCUT2D eigenvalue weighted by atomic mass is 9.89. The van der Waals surface area contributed by atoms with Crippen LogP contribution in [-0.4, -0.2) is 12.6 Å². The standard InChI is InChI=1S/C15H18F2N2O/c16-12-3-4-14(13(17)7-12)19-15(20)18-8-11-6-9-1-2-10(11)5-9/h3-4,7,9-11H,1-2,5-6,8H2,(H2,18,19,20). The second kappa shape index (κ2) is 5.38. The summed E-state index contributed by atoms with van der Waals surface area (Å²) in [6.07, 6.45) is 5.08. The molecule has 0 saturated heterocycles. The van der Waals surface area contributed by atoms with E-state index in [0.717, 1.165) is 24.0 Å². The van der Waals surface area contributed by atoms with E-state index in [0.29, 0.717) is 12.5 Å². The van der Waals surface area contributed by atoms with Crippen LogP contribution in [0.25, 0.3) is 0 Å². The molecule has 2 saturated carbocycles. The minimum absolute atomic E-state index is 0.00292. The van der Waals surface area contributed by atoms with Crippen LogP contribution in [0.5, 0.6) is 0 Å². The number of carbonyl (C=O) groups excluding carboxylic acids is 1. The molecule has 3 nitrogen and oxygen atoms in total. The molecule has 0 spiro atoms. The molecule has 2 amide bonds. The number of amides is 2. The van der Waals surface area contributed by atoms with Crippen LogP contribution in [0.2, 0.25) is 0 Å². The van der Waals surface area contributed by atoms with Crippen LogP contribution in [0.4, 0.5) is 19.3 Å². The van der Waals surface area contributed by atoms with Gasteiger partial charge in [0.15, 0.2) is 0 Å². The normalized spacial score (nSPS) is 27.6. The van der Waals surface area contributed by atoms with Crippen molar-refractivity contribution in [3.63, 3.8) is 0 Å². The molecule has 0 radical (unpaired) electrons. The number of carbonyl (C=O) groups is 1. The highest BCUT2D eigenvalue weighted by molar-refractivity contribution is 5.89. The summed E-state index contributed by atoms with van der Waals surface area (Å²) in [7, 11) is 0. The van der Waals surface area contributed by atoms with Crippen molar-refractivity contribution in [1.29, 1.82) is 0 Å². The summed E-state index contributed by atoms with van der Waals surface area (Å²) in [6.45, 7) is 0.635. The van der Waals surface area contributed by atoms with Crippen LogP contribution >= 0.6 is 0 Å². The minimum Gasteiger partial charge on any atom is -0.338 e. The molecule has 0 aliphatic heterocycles. The van der Waals surface area contributed by atoms with Gasteiger partial charge in [0.1, 0.15) is 11.6 Å². The van der Waals surface area contributed by atoms with E-state index in [9.17, 15) is 13.6 Å². The SMILES string of the molecule is O=C(NCC1CC2CCC1C2)Nc1ccc(F)cc1F. The van der Waals surface area contributed by atoms with E-state index < -0.39 is 17.7 Å². The maximum atomic E-state index is 13.4. The molecule has 2 aliphatic carbocycles. The van der Waals surface area contributed by atoms with Gasteiger partial charge in [-0.2, -0.15) is 0 Å². The van der Waals surface area contributed by atoms with Gasteiger partial charge in [-0.25, -0.2) is 13.6 Å². The van der Waals surface area contributed by atoms with Gasteiger partial charge >= 0.3 is 6.03 Å². The van der Waals surface area contributed by atoms with Gasteiger partial charge in [0.25, 0.3) is 0 Å². The van der Waals surface area contributed by atoms with E-state index in [4.69, 9.17) is 0 Å². The number of fused-ring (bicyclic) bond motifs is 2. The van der Waals surface area contributed by atoms with Crippen LogP contribution in [0.1, 0.15) is 25.7 Å². The number of hydrogen-bond donors (Lipinski definition) is 2. The van der Waals surface area contributed by atoms with Gasteiger partial charge in [-0.3, -0.25) is 0 Å². The predicted molar refractivity (Wildman–Crippen MR) is 72.3 cm³/mol. The maximum Gasteiger partial charge on any atom is 0.319 e. The van der Waals surface area contributed by atoms with Crippen molar-refractivity contribution >= 4 is 11.7 Å². The monoisotopic (exact) mass is 280 g/mol. The fraction of sp³-hybridized carbons (Fsp3) is 0.533. The Morgan fingerprint density at radius 1 is 1.25 bits per heavy atom. The Morgan fingerprint density at radius 3 is 2.75 bits per heavy atom. The molecule has 20 heavy (non-hydrogen) atoms. The number of hydrogen-bond acceptors (Lipinski definition) is 1. The van der Waals surface area contributed by atoms with E-state index >= 15 is 0 Å². The number of benzene rings is 1. The summed E-state index contributed by atoms with van der Waals surface area (Å²) in [5, 5.41) is 5.20. The number of urea groups is 1. The molecule has 2 bridgehead atoms. The van der Waals surface area contributed by atoms with E-state index in [1.54, 1.807) is 0 Å². The van der Waals surface area contributed by atoms with E-state index in [1.807, 2.05) is 0 Å². The molecule has 5 heteroatoms. The highest BCUT2D eigenvalue weighted by Crippen LogP contribution is 2.47. The van der Waals surface area contributed by atoms with Gasteiger partial charge in [0.05, 0.1) is 5.69 Å². The molecule has 0 heterocycles. The number of nitrogens with one attached hydrogen (secondary N) is 2. The zero-order valence-corrected chi connectivity index (χ0v) is 11.2. The minimum atomic E-state index is -0.764. The van der Waals surface area contributed by atoms with Crippen molar-refractivity contribution in [3.05, 3.63) is 29.8 Å². The Kier molecular flexibility index (Phi) is 3.59. The van der Waals surface area contributed by atoms with Crippen LogP contribution in [0.15, 0.2) is 18.2 Å². The molecule has 1 aromatic rings. The first-order valence-electron chi connectivity index (χ1n) is 7.11. The largest absolute Gasteiger partial charge is 0.338 e. The number of halogens is 2. The lowest BCUT2D eigenvalue weighted by Crippen LogP contribution is -2.34. The quantitative estimate of drug-likeness (QED) is 0.874. The molecule has 108 valence electrons. The first kappa shape index (κ1) is 13.3. The van der Waals surface area contributed by atoms with Crippen molar-refractivity contribution in [3.8, 4) is 0 Å². The maximum absolute atomic E-state index is 13.4. The fourth-order valence-electron chi connectivity index (χ4n) is 3.61. The van der Waals surface area contributed by atoms with Gasteiger partial charge in [-0.1, -0.05) is 6.42 Å². The smallest absolute Gasteiger partial charge is 0.319 e. The van der Waals surface area contributed by atoms with Gasteiger partial charge in [-0.05, 0) is 49.1 Å². The molecule has 3 unspecified atom stereocenters. The van der Waals surface area contributed by atoms with Crippen molar-refractivity contribution < 1.29 is 13.6 Å². The molecule has 0 aromatic heterocycles. The van der Waals surface area contributed by atoms with E-state index in [-0.39, 0.29) is 5.69 Å². The third-order valence-electron chi connectivity index (χ3n) is 4.59. The number of anilines is 1. The first-order chi connectivity index (χ1) is 9.61. The summed E-state index contributed by atoms with van der Waals surface area (Å²) in [5.41, 5.74) is -0.00292. The van der Waals surface area contributed by atoms with Gasteiger partial charge in [0, 0.05) is 12.6 Å².